The third-order valence-electron chi connectivity index (χ3n) is 0.554. The topological polar surface area (TPSA) is 99.0 Å². The maximum atomic E-state index is 8.56. The molecule has 0 saturated carbocycles. The number of aromatic nitrogens is 3. The van der Waals surface area contributed by atoms with Crippen molar-refractivity contribution < 1.29 is 13.3 Å². The van der Waals surface area contributed by atoms with Crippen LogP contribution in [-0.2, 0) is 11.4 Å². The third-order valence-corrected chi connectivity index (χ3v) is 1.06. The second-order valence-electron chi connectivity index (χ2n) is 1.36. The summed E-state index contributed by atoms with van der Waals surface area (Å²) in [6.45, 7) is 0. The highest BCUT2D eigenvalue weighted by Crippen LogP contribution is 2.08. The molecule has 1 unspecified atom stereocenters. The molecule has 82 valence electrons. The van der Waals surface area contributed by atoms with Crippen molar-refractivity contribution in [3.05, 3.63) is 15.9 Å². The summed E-state index contributed by atoms with van der Waals surface area (Å²) >= 11 is 13.1. The maximum absolute atomic E-state index is 8.56. The summed E-state index contributed by atoms with van der Waals surface area (Å²) in [6.07, 6.45) is 0. The van der Waals surface area contributed by atoms with Gasteiger partial charge < -0.3 is 9.11 Å². The van der Waals surface area contributed by atoms with Crippen molar-refractivity contribution in [2.45, 2.75) is 0 Å². The average Bonchev–Trinajstić information content (AvgIpc) is 1.80. The molecule has 1 aromatic heterocycles. The molecule has 11 heteroatoms. The lowest BCUT2D eigenvalue weighted by atomic mass is 11.1. The average molecular weight is 302 g/mol. The van der Waals surface area contributed by atoms with Gasteiger partial charge in [-0.3, -0.25) is 0 Å². The van der Waals surface area contributed by atoms with Gasteiger partial charge in [0.15, 0.2) is 0 Å². The molecule has 0 amide bonds. The van der Waals surface area contributed by atoms with E-state index in [1.807, 2.05) is 0 Å². The van der Waals surface area contributed by atoms with E-state index in [0.717, 1.165) is 0 Å². The van der Waals surface area contributed by atoms with Crippen molar-refractivity contribution >= 4 is 58.6 Å². The second kappa shape index (κ2) is 8.54. The number of hydrogen-bond donors (Lipinski definition) is 1. The van der Waals surface area contributed by atoms with E-state index in [0.29, 0.717) is 0 Å². The minimum Gasteiger partial charge on any atom is -0.750 e. The molecule has 0 fully saturated rings. The minimum atomic E-state index is -2.86. The SMILES string of the molecule is Cl.Clc1nc(Cl)nc(Cl)n1.O=S([O-])O. The highest BCUT2D eigenvalue weighted by molar-refractivity contribution is 7.73. The van der Waals surface area contributed by atoms with Gasteiger partial charge in [-0.2, -0.15) is 15.0 Å². The van der Waals surface area contributed by atoms with Crippen LogP contribution in [0, 0.1) is 0 Å². The van der Waals surface area contributed by atoms with Crippen LogP contribution in [0.5, 0.6) is 0 Å². The summed E-state index contributed by atoms with van der Waals surface area (Å²) in [7, 11) is 0. The van der Waals surface area contributed by atoms with Crippen LogP contribution in [0.2, 0.25) is 15.9 Å². The number of rotatable bonds is 0. The Hall–Kier alpha value is 0.240. The summed E-state index contributed by atoms with van der Waals surface area (Å²) in [5.74, 6) is 0. The second-order valence-corrected chi connectivity index (χ2v) is 2.81. The van der Waals surface area contributed by atoms with Gasteiger partial charge in [0.1, 0.15) is 0 Å². The first-order valence-corrected chi connectivity index (χ1v) is 4.59. The highest BCUT2D eigenvalue weighted by atomic mass is 35.5. The predicted octanol–water partition coefficient (Wildman–Crippen LogP) is 1.59. The van der Waals surface area contributed by atoms with Gasteiger partial charge in [-0.25, -0.2) is 4.21 Å². The Bertz CT molecular complexity index is 259. The number of hydrogen-bond acceptors (Lipinski definition) is 5. The highest BCUT2D eigenvalue weighted by Gasteiger charge is 1.97. The van der Waals surface area contributed by atoms with Crippen LogP contribution in [0.1, 0.15) is 0 Å². The zero-order chi connectivity index (χ0) is 10.4. The van der Waals surface area contributed by atoms with Crippen molar-refractivity contribution in [1.29, 1.82) is 0 Å². The summed E-state index contributed by atoms with van der Waals surface area (Å²) in [4.78, 5) is 10.4. The van der Waals surface area contributed by atoms with Gasteiger partial charge >= 0.3 is 0 Å². The summed E-state index contributed by atoms with van der Waals surface area (Å²) in [6, 6.07) is 0. The Labute approximate surface area is 103 Å². The van der Waals surface area contributed by atoms with E-state index in [2.05, 4.69) is 15.0 Å². The van der Waals surface area contributed by atoms with Gasteiger partial charge in [0, 0.05) is 0 Å². The van der Waals surface area contributed by atoms with Gasteiger partial charge in [0.2, 0.25) is 15.9 Å². The molecule has 1 rings (SSSR count). The Morgan fingerprint density at radius 3 is 1.36 bits per heavy atom. The predicted molar refractivity (Wildman–Crippen MR) is 53.7 cm³/mol. The first kappa shape index (κ1) is 16.7. The van der Waals surface area contributed by atoms with Gasteiger partial charge in [0.05, 0.1) is 11.4 Å². The van der Waals surface area contributed by atoms with Crippen LogP contribution in [0.4, 0.5) is 0 Å². The molecule has 0 saturated heterocycles. The van der Waals surface area contributed by atoms with Crippen LogP contribution < -0.4 is 0 Å². The first-order valence-electron chi connectivity index (χ1n) is 2.42. The molecule has 1 atom stereocenters. The molecular weight excluding hydrogens is 300 g/mol. The number of halogens is 4. The van der Waals surface area contributed by atoms with Crippen LogP contribution in [0.3, 0.4) is 0 Å². The molecule has 1 aromatic rings. The number of nitrogens with zero attached hydrogens (tertiary/aromatic N) is 3. The quantitative estimate of drug-likeness (QED) is 0.731. The fourth-order valence-electron chi connectivity index (χ4n) is 0.303. The molecule has 0 radical (unpaired) electrons. The molecule has 0 bridgehead atoms. The third kappa shape index (κ3) is 10.3. The summed E-state index contributed by atoms with van der Waals surface area (Å²) in [5, 5.41) is 0.00000000000000178. The molecule has 1 N–H and O–H groups in total. The Morgan fingerprint density at radius 1 is 1.07 bits per heavy atom. The molecule has 14 heavy (non-hydrogen) atoms. The van der Waals surface area contributed by atoms with E-state index in [1.54, 1.807) is 0 Å². The molecule has 0 spiro atoms. The van der Waals surface area contributed by atoms with Gasteiger partial charge in [-0.05, 0) is 34.8 Å². The fraction of sp³-hybridized carbons (Fsp3) is 0. The lowest BCUT2D eigenvalue weighted by Crippen LogP contribution is -1.87. The van der Waals surface area contributed by atoms with Gasteiger partial charge in [-0.15, -0.1) is 12.4 Å². The van der Waals surface area contributed by atoms with Gasteiger partial charge in [-0.1, -0.05) is 0 Å². The molecule has 0 aliphatic heterocycles. The van der Waals surface area contributed by atoms with E-state index >= 15 is 0 Å². The van der Waals surface area contributed by atoms with Gasteiger partial charge in [0.25, 0.3) is 0 Å². The Morgan fingerprint density at radius 2 is 1.21 bits per heavy atom. The van der Waals surface area contributed by atoms with E-state index in [-0.39, 0.29) is 28.3 Å². The fourth-order valence-corrected chi connectivity index (χ4v) is 0.913. The van der Waals surface area contributed by atoms with E-state index in [1.165, 1.54) is 0 Å². The standard InChI is InChI=1S/C3Cl3N3.ClH.H2O3S/c4-1-7-2(5)9-3(6)8-1;;1-4(2)3/h;1H;(H2,1,2,3)/p-1. The lowest BCUT2D eigenvalue weighted by Gasteiger charge is -1.88. The van der Waals surface area contributed by atoms with Crippen molar-refractivity contribution in [3.63, 3.8) is 0 Å². The van der Waals surface area contributed by atoms with Crippen molar-refractivity contribution in [1.82, 2.24) is 15.0 Å². The molecule has 0 aliphatic carbocycles. The maximum Gasteiger partial charge on any atom is 0.227 e. The van der Waals surface area contributed by atoms with Crippen LogP contribution in [-0.4, -0.2) is 28.3 Å². The Balaban J connectivity index is 0. The Kier molecular flexibility index (Phi) is 10.2. The zero-order valence-corrected chi connectivity index (χ0v) is 9.96. The van der Waals surface area contributed by atoms with E-state index < -0.39 is 11.4 Å². The van der Waals surface area contributed by atoms with Crippen molar-refractivity contribution in [2.75, 3.05) is 0 Å². The molecular formula is C3H2Cl4N3O3S-. The smallest absolute Gasteiger partial charge is 0.227 e. The van der Waals surface area contributed by atoms with E-state index in [9.17, 15) is 0 Å². The molecule has 0 aliphatic rings. The normalized spacial score (nSPS) is 10.6. The van der Waals surface area contributed by atoms with Crippen LogP contribution >= 0.6 is 47.2 Å². The molecule has 6 nitrogen and oxygen atoms in total. The summed E-state index contributed by atoms with van der Waals surface area (Å²) in [5.41, 5.74) is 0. The molecule has 1 heterocycles. The van der Waals surface area contributed by atoms with Crippen molar-refractivity contribution in [2.24, 2.45) is 0 Å². The largest absolute Gasteiger partial charge is 0.750 e. The lowest BCUT2D eigenvalue weighted by molar-refractivity contribution is 0.436. The zero-order valence-electron chi connectivity index (χ0n) is 6.06. The molecule has 0 aromatic carbocycles. The van der Waals surface area contributed by atoms with Crippen molar-refractivity contribution in [3.8, 4) is 0 Å². The van der Waals surface area contributed by atoms with E-state index in [4.69, 9.17) is 48.1 Å². The summed E-state index contributed by atoms with van der Waals surface area (Å²) < 4.78 is 24.1. The first-order chi connectivity index (χ1) is 5.91. The monoisotopic (exact) mass is 300 g/mol. The minimum absolute atomic E-state index is 0. The van der Waals surface area contributed by atoms with Crippen LogP contribution in [0.25, 0.3) is 0 Å². The van der Waals surface area contributed by atoms with Crippen LogP contribution in [0.15, 0.2) is 0 Å².